The van der Waals surface area contributed by atoms with E-state index in [4.69, 9.17) is 79.7 Å². The van der Waals surface area contributed by atoms with Crippen LogP contribution in [0.25, 0.3) is 0 Å². The fraction of sp³-hybridized carbons (Fsp3) is 0.633. The molecule has 0 aromatic carbocycles. The smallest absolute Gasteiger partial charge is 0.412 e. The number of aliphatic hydroxyl groups is 8. The van der Waals surface area contributed by atoms with Crippen molar-refractivity contribution in [3.05, 3.63) is 88.9 Å². The topological polar surface area (TPSA) is 702 Å². The Kier molecular flexibility index (Phi) is 29.7. The lowest BCUT2D eigenvalue weighted by Gasteiger charge is -2.36. The molecule has 4 saturated heterocycles. The van der Waals surface area contributed by atoms with Gasteiger partial charge in [-0.15, -0.1) is 0 Å². The third-order valence-corrected chi connectivity index (χ3v) is 22.7. The molecule has 16 atom stereocenters. The quantitative estimate of drug-likeness (QED) is 0.0287. The van der Waals surface area contributed by atoms with Crippen LogP contribution >= 0.6 is 53.9 Å². The van der Waals surface area contributed by atoms with Gasteiger partial charge in [0.2, 0.25) is 5.91 Å². The summed E-state index contributed by atoms with van der Waals surface area (Å²) in [6.45, 7) is 16.3. The van der Waals surface area contributed by atoms with Gasteiger partial charge < -0.3 is 131 Å². The summed E-state index contributed by atoms with van der Waals surface area (Å²) in [5.74, 6) is 0.192. The average Bonchev–Trinajstić information content (AvgIpc) is 1.62. The number of nitrogen functional groups attached to an aromatic ring is 3. The number of nitrogens with zero attached hydrogens (tertiary/aromatic N) is 8. The number of aryl methyl sites for hydroxylation is 1. The van der Waals surface area contributed by atoms with E-state index in [0.29, 0.717) is 32.5 Å². The van der Waals surface area contributed by atoms with Crippen molar-refractivity contribution in [1.82, 2.24) is 38.9 Å². The van der Waals surface area contributed by atoms with Crippen LogP contribution in [0.4, 0.5) is 17.5 Å². The fourth-order valence-corrected chi connectivity index (χ4v) is 11.8. The van der Waals surface area contributed by atoms with E-state index in [2.05, 4.69) is 83.8 Å². The number of aliphatic hydroxyl groups excluding tert-OH is 8. The van der Waals surface area contributed by atoms with E-state index in [-0.39, 0.29) is 40.8 Å². The number of aromatic nitrogens is 6. The largest absolute Gasteiger partial charge is 0.469 e. The normalized spacial score (nSPS) is 28.1. The number of nitrogens with two attached hydrogens (primary N) is 3. The van der Waals surface area contributed by atoms with E-state index in [1.54, 1.807) is 13.1 Å². The SMILES string of the molecule is C=C1N=C(NC(C)=O)C(CC)=CN1[C@@H]1OC(COP(=O)(O)O)[C@@H](O)[C@H]1O.CC(C)(C)[Si](C)(C)OCc1cn([C@@H]2OC(COP(=O)(O)O)[C@@H](O)[C@H]2O)c(=O)nc1N.Cc1cn([C@@H]2OC(COP(=O)(O)O)[C@@H](O)[C@H]2O)c(=O)nc1N.Nc1nc(=O)n([C@@H]2OC(COP(=O)(O)O)[C@@H](O)[C@H]2O)cc1I. The molecule has 23 N–H and O–H groups in total. The molecule has 0 radical (unpaired) electrons. The highest BCUT2D eigenvalue weighted by Gasteiger charge is 2.50. The molecule has 45 nitrogen and oxygen atoms in total. The number of phosphoric ester groups is 4. The van der Waals surface area contributed by atoms with E-state index in [0.717, 1.165) is 13.7 Å². The van der Waals surface area contributed by atoms with E-state index in [9.17, 15) is 78.3 Å². The second-order valence-corrected chi connectivity index (χ2v) is 34.8. The molecule has 566 valence electrons. The zero-order valence-corrected chi connectivity index (χ0v) is 60.8. The third kappa shape index (κ3) is 23.4. The molecule has 4 fully saturated rings. The zero-order chi connectivity index (χ0) is 76.0. The van der Waals surface area contributed by atoms with Crippen LogP contribution < -0.4 is 39.6 Å². The minimum Gasteiger partial charge on any atom is -0.412 e. The molecule has 1 amide bonds. The Morgan fingerprint density at radius 1 is 0.600 bits per heavy atom. The Balaban J connectivity index is 0.000000242. The van der Waals surface area contributed by atoms with E-state index in [1.165, 1.54) is 30.4 Å². The number of phosphoric acid groups is 4. The van der Waals surface area contributed by atoms with Crippen molar-refractivity contribution in [3.8, 4) is 0 Å². The minimum atomic E-state index is -4.80. The number of halogens is 1. The van der Waals surface area contributed by atoms with Crippen LogP contribution in [0.1, 0.15) is 70.9 Å². The van der Waals surface area contributed by atoms with Crippen molar-refractivity contribution in [2.24, 2.45) is 4.99 Å². The first-order valence-corrected chi connectivity index (χ1v) is 39.2. The molecule has 0 spiro atoms. The minimum absolute atomic E-state index is 0.0104. The molecule has 3 aromatic rings. The molecule has 4 unspecified atom stereocenters. The highest BCUT2D eigenvalue weighted by molar-refractivity contribution is 14.1. The number of rotatable bonds is 20. The van der Waals surface area contributed by atoms with Crippen LogP contribution in [0.3, 0.4) is 0 Å². The Morgan fingerprint density at radius 3 is 1.30 bits per heavy atom. The summed E-state index contributed by atoms with van der Waals surface area (Å²) in [7, 11) is -21.2. The molecule has 0 aliphatic carbocycles. The number of hydrogen-bond acceptors (Lipinski definition) is 33. The lowest BCUT2D eigenvalue weighted by Crippen LogP contribution is -2.43. The van der Waals surface area contributed by atoms with Crippen molar-refractivity contribution in [1.29, 1.82) is 0 Å². The van der Waals surface area contributed by atoms with Crippen molar-refractivity contribution in [3.63, 3.8) is 0 Å². The van der Waals surface area contributed by atoms with Crippen LogP contribution in [0.2, 0.25) is 18.1 Å². The van der Waals surface area contributed by atoms with Gasteiger partial charge in [0.25, 0.3) is 0 Å². The van der Waals surface area contributed by atoms with Gasteiger partial charge in [0.1, 0.15) is 102 Å². The molecule has 5 aliphatic heterocycles. The first kappa shape index (κ1) is 86.0. The highest BCUT2D eigenvalue weighted by Crippen LogP contribution is 2.43. The maximum atomic E-state index is 12.3. The predicted molar refractivity (Wildman–Crippen MR) is 349 cm³/mol. The fourth-order valence-electron chi connectivity index (χ4n) is 9.08. The summed E-state index contributed by atoms with van der Waals surface area (Å²) in [4.78, 5) is 133. The second-order valence-electron chi connectivity index (χ2n) is 23.9. The Morgan fingerprint density at radius 2 is 0.940 bits per heavy atom. The zero-order valence-electron chi connectivity index (χ0n) is 54.1. The van der Waals surface area contributed by atoms with Gasteiger partial charge in [0.15, 0.2) is 33.2 Å². The summed E-state index contributed by atoms with van der Waals surface area (Å²) < 4.78 is 90.9. The van der Waals surface area contributed by atoms with E-state index in [1.807, 2.05) is 29.5 Å². The Labute approximate surface area is 580 Å². The molecule has 51 heteroatoms. The maximum Gasteiger partial charge on any atom is 0.469 e. The number of nitrogens with one attached hydrogen (secondary N) is 1. The number of ether oxygens (including phenoxy) is 4. The number of amidine groups is 1. The summed E-state index contributed by atoms with van der Waals surface area (Å²) in [6, 6.07) is 0. The maximum absolute atomic E-state index is 12.3. The standard InChI is InChI=1S/C16H30N3O9PSi.C14H22N3O8P.C10H16N3O8P.C9H13IN3O8P/c1-16(2,3)30(4,5)27-7-9-6-19(15(22)18-13(9)17)14-12(21)11(20)10(28-14)8-26-29(23,24)25;1-4-9-5-17(7(2)15-13(9)16-8(3)18)14-12(20)11(19)10(25-14)6-24-26(21,22)23;1-4-2-13(10(16)12-8(4)11)9-7(15)6(14)5(21-9)3-20-22(17,18)19;10-3-1-13(9(16)12-7(3)11)8-6(15)5(14)4(21-8)2-20-22(17,18)19/h6,10-12,14,20-21H,7-8H2,1-5H3,(H2,17,18,22)(H2,23,24,25);5,10-12,14,19-20H,2,4,6H2,1,3H3,(H,15,16,18)(H2,21,22,23);2,5-7,9,14-15H,3H2,1H3,(H2,11,12,16)(H2,17,18,19);1,4-6,8,14-15H,2H2,(H2,11,12,16)(H2,17,18,19)/t2*10?,11-,12-,14-;5?,6-,7-,9-;4?,5-,6-,8-/m1111/s1. The first-order valence-electron chi connectivity index (χ1n) is 29.1. The van der Waals surface area contributed by atoms with Crippen molar-refractivity contribution >= 4 is 91.4 Å². The van der Waals surface area contributed by atoms with Gasteiger partial charge in [-0.25, -0.2) is 37.6 Å². The molecule has 5 aliphatic rings. The van der Waals surface area contributed by atoms with Gasteiger partial charge in [0.05, 0.1) is 36.6 Å². The third-order valence-electron chi connectivity index (χ3n) is 15.5. The number of hydrogen-bond donors (Lipinski definition) is 20. The van der Waals surface area contributed by atoms with Gasteiger partial charge in [-0.2, -0.15) is 15.0 Å². The van der Waals surface area contributed by atoms with Crippen LogP contribution in [0.15, 0.2) is 62.1 Å². The number of aliphatic imine (C=N–C) groups is 1. The van der Waals surface area contributed by atoms with Gasteiger partial charge in [-0.3, -0.25) is 36.6 Å². The number of carbonyl (C=O) groups excluding carboxylic acids is 1. The van der Waals surface area contributed by atoms with Gasteiger partial charge in [-0.05, 0) is 54.1 Å². The van der Waals surface area contributed by atoms with Crippen LogP contribution in [0, 0.1) is 10.5 Å². The summed E-state index contributed by atoms with van der Waals surface area (Å²) in [5.41, 5.74) is 15.9. The average molecular weight is 1650 g/mol. The van der Waals surface area contributed by atoms with Crippen LogP contribution in [0.5, 0.6) is 0 Å². The Hall–Kier alpha value is -4.67. The molecule has 8 rings (SSSR count). The lowest BCUT2D eigenvalue weighted by molar-refractivity contribution is -0.117. The van der Waals surface area contributed by atoms with Crippen LogP contribution in [-0.2, 0) is 71.1 Å². The molecule has 0 saturated carbocycles. The van der Waals surface area contributed by atoms with E-state index < -0.39 is 181 Å². The van der Waals surface area contributed by atoms with Crippen molar-refractivity contribution in [2.75, 3.05) is 43.6 Å². The van der Waals surface area contributed by atoms with E-state index >= 15 is 0 Å². The molecule has 8 heterocycles. The summed E-state index contributed by atoms with van der Waals surface area (Å²) in [5, 5.41) is 82.8. The van der Waals surface area contributed by atoms with Gasteiger partial charge >= 0.3 is 48.4 Å². The van der Waals surface area contributed by atoms with Crippen molar-refractivity contribution < 1.29 is 145 Å². The second kappa shape index (κ2) is 34.5. The number of anilines is 3. The molecule has 0 bridgehead atoms. The first-order chi connectivity index (χ1) is 45.8. The predicted octanol–water partition coefficient (Wildman–Crippen LogP) is -4.75. The molecular weight excluding hydrogens is 1560 g/mol. The number of carbonyl (C=O) groups is 1. The Bertz CT molecular complexity index is 3730. The lowest BCUT2D eigenvalue weighted by atomic mass is 10.1. The summed E-state index contributed by atoms with van der Waals surface area (Å²) >= 11 is 1.82. The highest BCUT2D eigenvalue weighted by atomic mass is 127. The summed E-state index contributed by atoms with van der Waals surface area (Å²) in [6.07, 6.45) is -15.8. The number of amides is 1. The molecular formula is C49H81IN12O33P4Si. The monoisotopic (exact) mass is 1640 g/mol. The molecule has 100 heavy (non-hydrogen) atoms. The van der Waals surface area contributed by atoms with Gasteiger partial charge in [-0.1, -0.05) is 34.3 Å². The van der Waals surface area contributed by atoms with Crippen molar-refractivity contribution in [2.45, 2.75) is 171 Å². The molecule has 3 aromatic heterocycles. The van der Waals surface area contributed by atoms with Gasteiger partial charge in [0, 0.05) is 48.4 Å². The van der Waals surface area contributed by atoms with Crippen LogP contribution in [-0.4, -0.2) is 240 Å².